The first kappa shape index (κ1) is 65.9. The maximum atomic E-state index is 13.0. The lowest BCUT2D eigenvalue weighted by Crippen LogP contribution is -2.45. The SMILES string of the molecule is CC/C=C\C/C=C\C/C=C\C/C=C\C/C=C\C/C=C\C/C=C\C/C=C\CCCCCCC(=O)NC(COP(=O)(O)OCC[N+](C)(C)C)C(O)/C=C/CC/C=C/CCCCCCCCCCCCCC. The first-order valence-electron chi connectivity index (χ1n) is 27.4. The topological polar surface area (TPSA) is 105 Å². The Labute approximate surface area is 424 Å². The van der Waals surface area contributed by atoms with Crippen molar-refractivity contribution in [1.29, 1.82) is 0 Å². The number of nitrogens with one attached hydrogen (secondary N) is 1. The van der Waals surface area contributed by atoms with E-state index < -0.39 is 20.0 Å². The number of hydrogen-bond donors (Lipinski definition) is 3. The lowest BCUT2D eigenvalue weighted by Gasteiger charge is -2.25. The van der Waals surface area contributed by atoms with Gasteiger partial charge in [-0.15, -0.1) is 0 Å². The molecule has 0 aromatic carbocycles. The monoisotopic (exact) mass is 980 g/mol. The minimum Gasteiger partial charge on any atom is -0.387 e. The van der Waals surface area contributed by atoms with Crippen LogP contribution in [-0.4, -0.2) is 73.4 Å². The Morgan fingerprint density at radius 2 is 0.884 bits per heavy atom. The minimum atomic E-state index is -4.37. The van der Waals surface area contributed by atoms with Crippen molar-refractivity contribution in [1.82, 2.24) is 5.32 Å². The number of likely N-dealkylation sites (N-methyl/N-ethyl adjacent to an activating group) is 1. The zero-order valence-electron chi connectivity index (χ0n) is 44.8. The molecule has 0 spiro atoms. The van der Waals surface area contributed by atoms with E-state index in [4.69, 9.17) is 9.05 Å². The van der Waals surface area contributed by atoms with Gasteiger partial charge in [0.05, 0.1) is 39.9 Å². The van der Waals surface area contributed by atoms with Gasteiger partial charge in [-0.05, 0) is 96.3 Å². The molecule has 0 fully saturated rings. The molecule has 0 radical (unpaired) electrons. The average Bonchev–Trinajstić information content (AvgIpc) is 3.31. The molecule has 0 aliphatic heterocycles. The summed E-state index contributed by atoms with van der Waals surface area (Å²) in [6.45, 7) is 4.64. The lowest BCUT2D eigenvalue weighted by molar-refractivity contribution is -0.870. The Balaban J connectivity index is 4.39. The van der Waals surface area contributed by atoms with E-state index in [2.05, 4.69) is 129 Å². The molecule has 0 saturated carbocycles. The number of aliphatic hydroxyl groups excluding tert-OH is 1. The number of allylic oxidation sites excluding steroid dienone is 19. The Morgan fingerprint density at radius 1 is 0.507 bits per heavy atom. The van der Waals surface area contributed by atoms with Crippen molar-refractivity contribution in [2.75, 3.05) is 40.9 Å². The second-order valence-corrected chi connectivity index (χ2v) is 20.7. The molecule has 0 aromatic heterocycles. The van der Waals surface area contributed by atoms with Crippen LogP contribution in [-0.2, 0) is 18.4 Å². The average molecular weight is 980 g/mol. The van der Waals surface area contributed by atoms with E-state index >= 15 is 0 Å². The second-order valence-electron chi connectivity index (χ2n) is 19.2. The van der Waals surface area contributed by atoms with E-state index in [0.29, 0.717) is 17.4 Å². The number of unbranched alkanes of at least 4 members (excludes halogenated alkanes) is 17. The standard InChI is InChI=1S/C60H103N2O6P/c1-6-8-10-12-14-16-18-20-22-24-26-27-28-29-30-31-32-33-34-35-36-38-40-42-44-46-48-50-52-54-60(64)61-58(57-68-69(65,66)67-56-55-62(3,4)5)59(63)53-51-49-47-45-43-41-39-37-25-23-21-19-17-15-13-11-9-7-2/h8,10,14,16,20,22,26-27,29-30,32-33,35-36,40,42-43,45,51,53,58-59,63H,6-7,9,11-13,15,17-19,21,23-25,28,31,34,37-39,41,44,46-50,52,54-57H2,1-5H3,(H-,61,64,65,66)/p+1/b10-8-,16-14-,22-20-,27-26-,30-29-,33-32-,36-35-,42-40-,45-43+,53-51+. The Hall–Kier alpha value is -3.10. The number of carbonyl (C=O) groups excluding carboxylic acids is 1. The molecule has 0 aliphatic rings. The van der Waals surface area contributed by atoms with Gasteiger partial charge in [-0.3, -0.25) is 13.8 Å². The number of rotatable bonds is 48. The van der Waals surface area contributed by atoms with Crippen LogP contribution in [0.3, 0.4) is 0 Å². The summed E-state index contributed by atoms with van der Waals surface area (Å²) in [5, 5.41) is 13.9. The van der Waals surface area contributed by atoms with Crippen molar-refractivity contribution in [3.63, 3.8) is 0 Å². The molecule has 0 bridgehead atoms. The summed E-state index contributed by atoms with van der Waals surface area (Å²) in [7, 11) is 1.52. The Bertz CT molecular complexity index is 1530. The van der Waals surface area contributed by atoms with Crippen molar-refractivity contribution in [3.05, 3.63) is 122 Å². The number of carbonyl (C=O) groups is 1. The fourth-order valence-corrected chi connectivity index (χ4v) is 7.87. The van der Waals surface area contributed by atoms with E-state index in [0.717, 1.165) is 103 Å². The van der Waals surface area contributed by atoms with Gasteiger partial charge in [-0.25, -0.2) is 4.57 Å². The van der Waals surface area contributed by atoms with Crippen molar-refractivity contribution >= 4 is 13.7 Å². The fraction of sp³-hybridized carbons (Fsp3) is 0.650. The van der Waals surface area contributed by atoms with E-state index in [1.807, 2.05) is 27.2 Å². The molecular weight excluding hydrogens is 876 g/mol. The highest BCUT2D eigenvalue weighted by Crippen LogP contribution is 2.43. The third kappa shape index (κ3) is 52.6. The lowest BCUT2D eigenvalue weighted by atomic mass is 10.0. The molecule has 3 unspecified atom stereocenters. The van der Waals surface area contributed by atoms with Crippen LogP contribution in [0.15, 0.2) is 122 Å². The highest BCUT2D eigenvalue weighted by molar-refractivity contribution is 7.47. The number of aliphatic hydroxyl groups is 1. The smallest absolute Gasteiger partial charge is 0.387 e. The summed E-state index contributed by atoms with van der Waals surface area (Å²) in [5.74, 6) is -0.216. The molecular formula is C60H104N2O6P+. The second kappa shape index (κ2) is 49.9. The van der Waals surface area contributed by atoms with Crippen LogP contribution in [0.2, 0.25) is 0 Å². The fourth-order valence-electron chi connectivity index (χ4n) is 7.13. The number of phosphoric acid groups is 1. The normalized spacial score (nSPS) is 14.9. The highest BCUT2D eigenvalue weighted by atomic mass is 31.2. The van der Waals surface area contributed by atoms with Crippen molar-refractivity contribution in [2.24, 2.45) is 0 Å². The maximum Gasteiger partial charge on any atom is 0.472 e. The summed E-state index contributed by atoms with van der Waals surface area (Å²) in [6.07, 6.45) is 74.3. The Morgan fingerprint density at radius 3 is 1.33 bits per heavy atom. The van der Waals surface area contributed by atoms with Crippen LogP contribution in [0.4, 0.5) is 0 Å². The van der Waals surface area contributed by atoms with Gasteiger partial charge in [0.1, 0.15) is 13.2 Å². The molecule has 8 nitrogen and oxygen atoms in total. The molecule has 69 heavy (non-hydrogen) atoms. The van der Waals surface area contributed by atoms with Gasteiger partial charge in [-0.2, -0.15) is 0 Å². The van der Waals surface area contributed by atoms with Crippen LogP contribution >= 0.6 is 7.82 Å². The third-order valence-electron chi connectivity index (χ3n) is 11.4. The van der Waals surface area contributed by atoms with Crippen LogP contribution in [0.25, 0.3) is 0 Å². The molecule has 0 rings (SSSR count). The predicted octanol–water partition coefficient (Wildman–Crippen LogP) is 16.6. The van der Waals surface area contributed by atoms with Crippen LogP contribution in [0.5, 0.6) is 0 Å². The molecule has 0 aliphatic carbocycles. The first-order chi connectivity index (χ1) is 33.5. The molecule has 0 aromatic rings. The maximum absolute atomic E-state index is 13.0. The third-order valence-corrected chi connectivity index (χ3v) is 12.4. The molecule has 0 heterocycles. The number of phosphoric ester groups is 1. The number of hydrogen-bond acceptors (Lipinski definition) is 5. The molecule has 3 atom stereocenters. The predicted molar refractivity (Wildman–Crippen MR) is 299 cm³/mol. The number of amides is 1. The van der Waals surface area contributed by atoms with Crippen LogP contribution < -0.4 is 5.32 Å². The van der Waals surface area contributed by atoms with Gasteiger partial charge in [0.15, 0.2) is 0 Å². The molecule has 0 saturated heterocycles. The van der Waals surface area contributed by atoms with Gasteiger partial charge >= 0.3 is 7.82 Å². The first-order valence-corrected chi connectivity index (χ1v) is 28.9. The zero-order chi connectivity index (χ0) is 50.6. The van der Waals surface area contributed by atoms with Crippen molar-refractivity contribution < 1.29 is 32.9 Å². The van der Waals surface area contributed by atoms with Gasteiger partial charge in [-0.1, -0.05) is 219 Å². The van der Waals surface area contributed by atoms with Gasteiger partial charge in [0.25, 0.3) is 0 Å². The number of nitrogens with zero attached hydrogens (tertiary/aromatic N) is 1. The van der Waals surface area contributed by atoms with Gasteiger partial charge < -0.3 is 19.8 Å². The quantitative estimate of drug-likeness (QED) is 0.0243. The largest absolute Gasteiger partial charge is 0.472 e. The van der Waals surface area contributed by atoms with E-state index in [9.17, 15) is 19.4 Å². The molecule has 9 heteroatoms. The summed E-state index contributed by atoms with van der Waals surface area (Å²) in [4.78, 5) is 23.3. The van der Waals surface area contributed by atoms with Crippen molar-refractivity contribution in [2.45, 2.75) is 212 Å². The van der Waals surface area contributed by atoms with E-state index in [1.54, 1.807) is 6.08 Å². The Kier molecular flexibility index (Phi) is 47.6. The van der Waals surface area contributed by atoms with E-state index in [1.165, 1.54) is 77.0 Å². The minimum absolute atomic E-state index is 0.0438. The van der Waals surface area contributed by atoms with E-state index in [-0.39, 0.29) is 19.1 Å². The highest BCUT2D eigenvalue weighted by Gasteiger charge is 2.27. The molecule has 1 amide bonds. The van der Waals surface area contributed by atoms with Crippen LogP contribution in [0, 0.1) is 0 Å². The summed E-state index contributed by atoms with van der Waals surface area (Å²) < 4.78 is 23.6. The molecule has 3 N–H and O–H groups in total. The summed E-state index contributed by atoms with van der Waals surface area (Å²) >= 11 is 0. The molecule has 394 valence electrons. The van der Waals surface area contributed by atoms with Gasteiger partial charge in [0, 0.05) is 6.42 Å². The zero-order valence-corrected chi connectivity index (χ0v) is 45.6. The summed E-state index contributed by atoms with van der Waals surface area (Å²) in [5.41, 5.74) is 0. The van der Waals surface area contributed by atoms with Gasteiger partial charge in [0.2, 0.25) is 5.91 Å². The van der Waals surface area contributed by atoms with Crippen LogP contribution in [0.1, 0.15) is 200 Å². The van der Waals surface area contributed by atoms with Crippen molar-refractivity contribution in [3.8, 4) is 0 Å². The number of quaternary nitrogens is 1. The summed E-state index contributed by atoms with van der Waals surface area (Å²) in [6, 6.07) is -0.887.